The van der Waals surface area contributed by atoms with E-state index < -0.39 is 25.1 Å². The van der Waals surface area contributed by atoms with Gasteiger partial charge in [-0.3, -0.25) is 12.2 Å². The fourth-order valence-electron chi connectivity index (χ4n) is 1.81. The summed E-state index contributed by atoms with van der Waals surface area (Å²) < 4.78 is 0. The van der Waals surface area contributed by atoms with Gasteiger partial charge in [0.05, 0.1) is 0 Å². The number of halogens is 2. The molecule has 0 spiro atoms. The van der Waals surface area contributed by atoms with Gasteiger partial charge in [-0.2, -0.15) is 12.2 Å². The molecule has 0 saturated carbocycles. The van der Waals surface area contributed by atoms with E-state index in [9.17, 15) is 0 Å². The van der Waals surface area contributed by atoms with Gasteiger partial charge in [-0.05, 0) is 0 Å². The van der Waals surface area contributed by atoms with Crippen LogP contribution in [0.25, 0.3) is 0 Å². The summed E-state index contributed by atoms with van der Waals surface area (Å²) in [6.07, 6.45) is 17.8. The fourth-order valence-corrected chi connectivity index (χ4v) is 4.26. The van der Waals surface area contributed by atoms with Crippen LogP contribution in [0.15, 0.2) is 34.7 Å². The van der Waals surface area contributed by atoms with Gasteiger partial charge in [0, 0.05) is 8.07 Å². The van der Waals surface area contributed by atoms with Crippen molar-refractivity contribution in [2.45, 2.75) is 25.9 Å². The van der Waals surface area contributed by atoms with Crippen LogP contribution in [0, 0.1) is 12.2 Å². The second-order valence-electron chi connectivity index (χ2n) is 4.09. The molecular weight excluding hydrogens is 291 g/mol. The van der Waals surface area contributed by atoms with Crippen LogP contribution in [-0.2, 0) is 17.0 Å². The Morgan fingerprint density at radius 1 is 1.06 bits per heavy atom. The molecule has 0 N–H and O–H groups in total. The van der Waals surface area contributed by atoms with Crippen molar-refractivity contribution in [2.75, 3.05) is 0 Å². The summed E-state index contributed by atoms with van der Waals surface area (Å²) in [5, 5.41) is 2.89. The van der Waals surface area contributed by atoms with Crippen LogP contribution in [0.3, 0.4) is 0 Å². The van der Waals surface area contributed by atoms with Crippen LogP contribution in [-0.4, -0.2) is 8.07 Å². The zero-order valence-electron chi connectivity index (χ0n) is 9.48. The molecule has 0 aromatic heterocycles. The van der Waals surface area contributed by atoms with Gasteiger partial charge in [0.1, 0.15) is 0 Å². The van der Waals surface area contributed by atoms with Gasteiger partial charge in [0.2, 0.25) is 0 Å². The van der Waals surface area contributed by atoms with Crippen LogP contribution in [0.2, 0.25) is 13.1 Å². The van der Waals surface area contributed by atoms with Gasteiger partial charge in [0.25, 0.3) is 0 Å². The first-order valence-corrected chi connectivity index (χ1v) is 12.4. The van der Waals surface area contributed by atoms with Crippen molar-refractivity contribution in [3.63, 3.8) is 0 Å². The summed E-state index contributed by atoms with van der Waals surface area (Å²) in [6.45, 7) is 4.76. The second-order valence-corrected chi connectivity index (χ2v) is 11.0. The van der Waals surface area contributed by atoms with Gasteiger partial charge < -0.3 is 0 Å². The van der Waals surface area contributed by atoms with E-state index in [1.807, 2.05) is 0 Å². The van der Waals surface area contributed by atoms with Crippen LogP contribution < -0.4 is 0 Å². The number of rotatable bonds is 2. The molecule has 0 amide bonds. The molecule has 0 aromatic carbocycles. The summed E-state index contributed by atoms with van der Waals surface area (Å²) in [7, 11) is 8.38. The number of hydrogen-bond acceptors (Lipinski definition) is 0. The molecule has 0 aliphatic heterocycles. The van der Waals surface area contributed by atoms with Crippen molar-refractivity contribution in [3.05, 3.63) is 46.8 Å². The first kappa shape index (κ1) is 14.5. The van der Waals surface area contributed by atoms with E-state index >= 15 is 0 Å². The average molecular weight is 305 g/mol. The summed E-state index contributed by atoms with van der Waals surface area (Å²) in [4.78, 5) is 0. The average Bonchev–Trinajstić information content (AvgIpc) is 2.93. The standard InChI is InChI=1S/C12H14Si.2ClH.Ti/c1-13(2,11-7-3-4-8-11)12-9-5-6-10-12;;;/h3,5,7,9H,4,6H2,1-2H3;2*1H;/q-2;;;+2/p-2. The number of allylic oxidation sites excluding steroid dienone is 8. The van der Waals surface area contributed by atoms with Crippen LogP contribution >= 0.6 is 18.6 Å². The Bertz CT molecular complexity index is 322. The van der Waals surface area contributed by atoms with Gasteiger partial charge in [-0.25, -0.2) is 22.5 Å². The molecule has 0 radical (unpaired) electrons. The van der Waals surface area contributed by atoms with E-state index in [0.717, 1.165) is 12.8 Å². The maximum absolute atomic E-state index is 4.89. The van der Waals surface area contributed by atoms with E-state index in [4.69, 9.17) is 18.6 Å². The molecule has 86 valence electrons. The molecule has 0 bridgehead atoms. The molecular formula is C12H14Cl2SiTi-2. The maximum atomic E-state index is 4.89. The van der Waals surface area contributed by atoms with Crippen molar-refractivity contribution in [1.82, 2.24) is 0 Å². The van der Waals surface area contributed by atoms with Crippen LogP contribution in [0.4, 0.5) is 0 Å². The van der Waals surface area contributed by atoms with Crippen molar-refractivity contribution < 1.29 is 17.0 Å². The molecule has 0 aromatic rings. The third-order valence-electron chi connectivity index (χ3n) is 2.74. The minimum atomic E-state index is -1.40. The van der Waals surface area contributed by atoms with Crippen LogP contribution in [0.1, 0.15) is 12.8 Å². The Balaban J connectivity index is 0.000000386. The quantitative estimate of drug-likeness (QED) is 0.519. The summed E-state index contributed by atoms with van der Waals surface area (Å²) in [6, 6.07) is 0. The third-order valence-corrected chi connectivity index (χ3v) is 6.12. The first-order valence-electron chi connectivity index (χ1n) is 5.15. The zero-order chi connectivity index (χ0) is 12.0. The van der Waals surface area contributed by atoms with Crippen LogP contribution in [0.5, 0.6) is 0 Å². The predicted molar refractivity (Wildman–Crippen MR) is 70.2 cm³/mol. The second kappa shape index (κ2) is 7.03. The van der Waals surface area contributed by atoms with Crippen molar-refractivity contribution in [2.24, 2.45) is 0 Å². The van der Waals surface area contributed by atoms with Crippen molar-refractivity contribution >= 4 is 26.7 Å². The summed E-state index contributed by atoms with van der Waals surface area (Å²) in [5.41, 5.74) is 0. The van der Waals surface area contributed by atoms with Gasteiger partial charge in [-0.1, -0.05) is 13.1 Å². The minimum absolute atomic E-state index is 0.556. The predicted octanol–water partition coefficient (Wildman–Crippen LogP) is 4.53. The van der Waals surface area contributed by atoms with E-state index in [-0.39, 0.29) is 0 Å². The molecule has 16 heavy (non-hydrogen) atoms. The molecule has 0 atom stereocenters. The van der Waals surface area contributed by atoms with Gasteiger partial charge >= 0.3 is 35.6 Å². The van der Waals surface area contributed by atoms with E-state index in [0.29, 0.717) is 0 Å². The Morgan fingerprint density at radius 2 is 1.44 bits per heavy atom. The van der Waals surface area contributed by atoms with E-state index in [1.54, 1.807) is 0 Å². The summed E-state index contributed by atoms with van der Waals surface area (Å²) >= 11 is -0.556. The molecule has 0 heterocycles. The third kappa shape index (κ3) is 3.75. The molecule has 2 aliphatic carbocycles. The Kier molecular flexibility index (Phi) is 6.38. The molecule has 0 fully saturated rings. The molecule has 0 saturated heterocycles. The molecule has 0 nitrogen and oxygen atoms in total. The molecule has 0 unspecified atom stereocenters. The van der Waals surface area contributed by atoms with Crippen molar-refractivity contribution in [1.29, 1.82) is 0 Å². The zero-order valence-corrected chi connectivity index (χ0v) is 13.6. The monoisotopic (exact) mass is 304 g/mol. The molecule has 2 aliphatic rings. The topological polar surface area (TPSA) is 0 Å². The summed E-state index contributed by atoms with van der Waals surface area (Å²) in [5.74, 6) is 0. The van der Waals surface area contributed by atoms with Crippen molar-refractivity contribution in [3.8, 4) is 0 Å². The Hall–Kier alpha value is 0.471. The number of hydrogen-bond donors (Lipinski definition) is 0. The fraction of sp³-hybridized carbons (Fsp3) is 0.333. The Morgan fingerprint density at radius 3 is 1.69 bits per heavy atom. The molecule has 2 rings (SSSR count). The van der Waals surface area contributed by atoms with Gasteiger partial charge in [-0.15, -0.1) is 12.8 Å². The molecule has 4 heteroatoms. The SMILES string of the molecule is C[Si](C)(C1=[C-]CC=C1)C1=[C-]CC=C1.[Cl][Ti][Cl]. The van der Waals surface area contributed by atoms with E-state index in [1.165, 1.54) is 10.4 Å². The normalized spacial score (nSPS) is 17.8. The Labute approximate surface area is 116 Å². The van der Waals surface area contributed by atoms with E-state index in [2.05, 4.69) is 49.6 Å². The van der Waals surface area contributed by atoms with Gasteiger partial charge in [0.15, 0.2) is 0 Å². The first-order chi connectivity index (χ1) is 7.62.